The van der Waals surface area contributed by atoms with Crippen LogP contribution in [0.3, 0.4) is 0 Å². The first kappa shape index (κ1) is 11.1. The summed E-state index contributed by atoms with van der Waals surface area (Å²) >= 11 is 0. The van der Waals surface area contributed by atoms with Crippen molar-refractivity contribution in [3.05, 3.63) is 29.8 Å². The number of benzene rings is 1. The summed E-state index contributed by atoms with van der Waals surface area (Å²) in [4.78, 5) is 2.33. The van der Waals surface area contributed by atoms with Crippen molar-refractivity contribution in [1.29, 1.82) is 0 Å². The number of nitrogens with two attached hydrogens (primary N) is 1. The van der Waals surface area contributed by atoms with Gasteiger partial charge in [-0.3, -0.25) is 0 Å². The van der Waals surface area contributed by atoms with Crippen LogP contribution >= 0.6 is 0 Å². The predicted octanol–water partition coefficient (Wildman–Crippen LogP) is 2.15. The quantitative estimate of drug-likeness (QED) is 0.724. The number of aryl methyl sites for hydroxylation is 1. The van der Waals surface area contributed by atoms with Gasteiger partial charge in [0.1, 0.15) is 0 Å². The van der Waals surface area contributed by atoms with E-state index in [1.54, 1.807) is 0 Å². The normalized spacial score (nSPS) is 10.8. The van der Waals surface area contributed by atoms with Gasteiger partial charge in [0.15, 0.2) is 0 Å². The van der Waals surface area contributed by atoms with E-state index in [1.807, 2.05) is 12.1 Å². The van der Waals surface area contributed by atoms with Crippen molar-refractivity contribution in [2.24, 2.45) is 0 Å². The van der Waals surface area contributed by atoms with E-state index >= 15 is 0 Å². The van der Waals surface area contributed by atoms with Gasteiger partial charge in [-0.05, 0) is 50.7 Å². The lowest BCUT2D eigenvalue weighted by molar-refractivity contribution is 0.347. The van der Waals surface area contributed by atoms with Gasteiger partial charge in [-0.15, -0.1) is 0 Å². The Morgan fingerprint density at radius 1 is 1.36 bits per heavy atom. The van der Waals surface area contributed by atoms with Crippen LogP contribution in [-0.2, 0) is 6.42 Å². The molecular weight excluding hydrogens is 172 g/mol. The molecule has 0 aliphatic carbocycles. The summed E-state index contributed by atoms with van der Waals surface area (Å²) in [5.41, 5.74) is 7.92. The van der Waals surface area contributed by atoms with Crippen LogP contribution in [0.15, 0.2) is 24.3 Å². The van der Waals surface area contributed by atoms with Crippen LogP contribution in [0.25, 0.3) is 0 Å². The zero-order valence-corrected chi connectivity index (χ0v) is 9.16. The Hall–Kier alpha value is -1.02. The molecule has 0 aliphatic heterocycles. The number of nitrogen functional groups attached to an aromatic ring is 1. The number of nitrogens with zero attached hydrogens (tertiary/aromatic N) is 1. The SMILES string of the molecule is CCN(C)CCCc1cccc(N)c1. The summed E-state index contributed by atoms with van der Waals surface area (Å²) in [6.07, 6.45) is 2.32. The predicted molar refractivity (Wildman–Crippen MR) is 62.3 cm³/mol. The highest BCUT2D eigenvalue weighted by Gasteiger charge is 1.96. The maximum absolute atomic E-state index is 5.71. The molecule has 0 bridgehead atoms. The van der Waals surface area contributed by atoms with Crippen molar-refractivity contribution in [3.63, 3.8) is 0 Å². The molecule has 1 aromatic rings. The molecule has 0 unspecified atom stereocenters. The fraction of sp³-hybridized carbons (Fsp3) is 0.500. The van der Waals surface area contributed by atoms with Crippen LogP contribution in [0.4, 0.5) is 5.69 Å². The molecule has 0 radical (unpaired) electrons. The minimum absolute atomic E-state index is 0.867. The third-order valence-electron chi connectivity index (χ3n) is 2.50. The molecule has 2 nitrogen and oxygen atoms in total. The van der Waals surface area contributed by atoms with E-state index in [1.165, 1.54) is 12.0 Å². The minimum Gasteiger partial charge on any atom is -0.399 e. The van der Waals surface area contributed by atoms with Crippen LogP contribution in [0.1, 0.15) is 18.9 Å². The number of rotatable bonds is 5. The van der Waals surface area contributed by atoms with Gasteiger partial charge in [-0.2, -0.15) is 0 Å². The van der Waals surface area contributed by atoms with E-state index in [2.05, 4.69) is 31.0 Å². The number of hydrogen-bond acceptors (Lipinski definition) is 2. The van der Waals surface area contributed by atoms with Crippen LogP contribution < -0.4 is 5.73 Å². The van der Waals surface area contributed by atoms with Gasteiger partial charge >= 0.3 is 0 Å². The third-order valence-corrected chi connectivity index (χ3v) is 2.50. The van der Waals surface area contributed by atoms with Crippen molar-refractivity contribution in [3.8, 4) is 0 Å². The molecule has 0 amide bonds. The highest BCUT2D eigenvalue weighted by Crippen LogP contribution is 2.08. The fourth-order valence-corrected chi connectivity index (χ4v) is 1.46. The lowest BCUT2D eigenvalue weighted by Crippen LogP contribution is -2.19. The third kappa shape index (κ3) is 3.79. The average Bonchev–Trinajstić information content (AvgIpc) is 2.17. The molecule has 1 rings (SSSR count). The molecule has 0 saturated carbocycles. The van der Waals surface area contributed by atoms with Gasteiger partial charge in [-0.25, -0.2) is 0 Å². The summed E-state index contributed by atoms with van der Waals surface area (Å²) in [6.45, 7) is 4.46. The van der Waals surface area contributed by atoms with Crippen molar-refractivity contribution >= 4 is 5.69 Å². The maximum atomic E-state index is 5.71. The second-order valence-corrected chi connectivity index (χ2v) is 3.74. The first-order chi connectivity index (χ1) is 6.72. The fourth-order valence-electron chi connectivity index (χ4n) is 1.46. The summed E-state index contributed by atoms with van der Waals surface area (Å²) in [5, 5.41) is 0. The zero-order valence-electron chi connectivity index (χ0n) is 9.16. The van der Waals surface area contributed by atoms with Gasteiger partial charge in [0.2, 0.25) is 0 Å². The molecule has 0 aromatic heterocycles. The molecule has 2 heteroatoms. The molecule has 0 heterocycles. The Kier molecular flexibility index (Phi) is 4.47. The Morgan fingerprint density at radius 3 is 2.79 bits per heavy atom. The molecule has 0 atom stereocenters. The van der Waals surface area contributed by atoms with Crippen molar-refractivity contribution in [2.45, 2.75) is 19.8 Å². The Labute approximate surface area is 86.7 Å². The largest absolute Gasteiger partial charge is 0.399 e. The molecular formula is C12H20N2. The minimum atomic E-state index is 0.867. The smallest absolute Gasteiger partial charge is 0.0316 e. The summed E-state index contributed by atoms with van der Waals surface area (Å²) in [5.74, 6) is 0. The van der Waals surface area contributed by atoms with E-state index in [0.29, 0.717) is 0 Å². The molecule has 0 saturated heterocycles. The molecule has 0 aliphatic rings. The van der Waals surface area contributed by atoms with Crippen molar-refractivity contribution in [2.75, 3.05) is 25.9 Å². The Balaban J connectivity index is 2.31. The monoisotopic (exact) mass is 192 g/mol. The molecule has 78 valence electrons. The van der Waals surface area contributed by atoms with Gasteiger partial charge in [0.25, 0.3) is 0 Å². The molecule has 1 aromatic carbocycles. The lowest BCUT2D eigenvalue weighted by atomic mass is 10.1. The molecule has 2 N–H and O–H groups in total. The Bertz CT molecular complexity index is 271. The molecule has 0 fully saturated rings. The second kappa shape index (κ2) is 5.66. The van der Waals surface area contributed by atoms with Crippen LogP contribution in [0.5, 0.6) is 0 Å². The van der Waals surface area contributed by atoms with E-state index in [9.17, 15) is 0 Å². The second-order valence-electron chi connectivity index (χ2n) is 3.74. The molecule has 0 spiro atoms. The lowest BCUT2D eigenvalue weighted by Gasteiger charge is -2.13. The van der Waals surface area contributed by atoms with Gasteiger partial charge in [-0.1, -0.05) is 19.1 Å². The summed E-state index contributed by atoms with van der Waals surface area (Å²) in [7, 11) is 2.15. The highest BCUT2D eigenvalue weighted by molar-refractivity contribution is 5.40. The van der Waals surface area contributed by atoms with E-state index in [-0.39, 0.29) is 0 Å². The number of anilines is 1. The van der Waals surface area contributed by atoms with Gasteiger partial charge in [0, 0.05) is 5.69 Å². The topological polar surface area (TPSA) is 29.3 Å². The summed E-state index contributed by atoms with van der Waals surface area (Å²) < 4.78 is 0. The average molecular weight is 192 g/mol. The standard InChI is InChI=1S/C12H20N2/c1-3-14(2)9-5-7-11-6-4-8-12(13)10-11/h4,6,8,10H,3,5,7,9,13H2,1-2H3. The Morgan fingerprint density at radius 2 is 2.14 bits per heavy atom. The van der Waals surface area contributed by atoms with Crippen molar-refractivity contribution < 1.29 is 0 Å². The number of hydrogen-bond donors (Lipinski definition) is 1. The van der Waals surface area contributed by atoms with Crippen LogP contribution in [0, 0.1) is 0 Å². The van der Waals surface area contributed by atoms with E-state index < -0.39 is 0 Å². The molecule has 14 heavy (non-hydrogen) atoms. The van der Waals surface area contributed by atoms with Crippen LogP contribution in [0.2, 0.25) is 0 Å². The zero-order chi connectivity index (χ0) is 10.4. The van der Waals surface area contributed by atoms with Gasteiger partial charge < -0.3 is 10.6 Å². The van der Waals surface area contributed by atoms with E-state index in [4.69, 9.17) is 5.73 Å². The van der Waals surface area contributed by atoms with Crippen LogP contribution in [-0.4, -0.2) is 25.0 Å². The first-order valence-electron chi connectivity index (χ1n) is 5.25. The maximum Gasteiger partial charge on any atom is 0.0316 e. The van der Waals surface area contributed by atoms with E-state index in [0.717, 1.165) is 25.2 Å². The highest BCUT2D eigenvalue weighted by atomic mass is 15.1. The first-order valence-corrected chi connectivity index (χ1v) is 5.25. The van der Waals surface area contributed by atoms with Crippen molar-refractivity contribution in [1.82, 2.24) is 4.90 Å². The van der Waals surface area contributed by atoms with Gasteiger partial charge in [0.05, 0.1) is 0 Å². The summed E-state index contributed by atoms with van der Waals surface area (Å²) in [6, 6.07) is 8.16.